The fourth-order valence-corrected chi connectivity index (χ4v) is 1.52. The average molecular weight is 284 g/mol. The van der Waals surface area contributed by atoms with Crippen molar-refractivity contribution in [2.45, 2.75) is 0 Å². The lowest BCUT2D eigenvalue weighted by Gasteiger charge is -2.06. The number of benzene rings is 1. The van der Waals surface area contributed by atoms with E-state index >= 15 is 0 Å². The van der Waals surface area contributed by atoms with E-state index in [1.807, 2.05) is 0 Å². The van der Waals surface area contributed by atoms with Gasteiger partial charge in [0.05, 0.1) is 0 Å². The van der Waals surface area contributed by atoms with Crippen LogP contribution in [0.2, 0.25) is 0 Å². The van der Waals surface area contributed by atoms with Crippen molar-refractivity contribution in [2.75, 3.05) is 10.6 Å². The first-order valence-corrected chi connectivity index (χ1v) is 5.99. The second kappa shape index (κ2) is 6.80. The SMILES string of the molecule is O=C(O)/C=C/c1cccc(NC(=O)Nc2ncccn2)c1. The molecule has 0 bridgehead atoms. The van der Waals surface area contributed by atoms with Crippen LogP contribution in [0.5, 0.6) is 0 Å². The third kappa shape index (κ3) is 4.75. The van der Waals surface area contributed by atoms with Crippen LogP contribution in [0.4, 0.5) is 16.4 Å². The van der Waals surface area contributed by atoms with Gasteiger partial charge >= 0.3 is 12.0 Å². The maximum Gasteiger partial charge on any atom is 0.328 e. The number of urea groups is 1. The number of carboxylic acids is 1. The Balaban J connectivity index is 2.01. The standard InChI is InChI=1S/C14H12N4O3/c19-12(20)6-5-10-3-1-4-11(9-10)17-14(21)18-13-15-7-2-8-16-13/h1-9H,(H,19,20)(H2,15,16,17,18,21)/b6-5+. The molecule has 1 aromatic heterocycles. The molecule has 1 heterocycles. The van der Waals surface area contributed by atoms with E-state index < -0.39 is 12.0 Å². The van der Waals surface area contributed by atoms with Crippen molar-refractivity contribution in [3.8, 4) is 0 Å². The topological polar surface area (TPSA) is 104 Å². The molecule has 0 unspecified atom stereocenters. The second-order valence-electron chi connectivity index (χ2n) is 3.95. The van der Waals surface area contributed by atoms with Crippen molar-refractivity contribution < 1.29 is 14.7 Å². The summed E-state index contributed by atoms with van der Waals surface area (Å²) in [7, 11) is 0. The van der Waals surface area contributed by atoms with Gasteiger partial charge in [-0.15, -0.1) is 0 Å². The van der Waals surface area contributed by atoms with Crippen LogP contribution in [0.1, 0.15) is 5.56 Å². The molecule has 0 saturated heterocycles. The van der Waals surface area contributed by atoms with Gasteiger partial charge in [-0.3, -0.25) is 5.32 Å². The Labute approximate surface area is 120 Å². The van der Waals surface area contributed by atoms with E-state index in [1.165, 1.54) is 18.5 Å². The monoisotopic (exact) mass is 284 g/mol. The van der Waals surface area contributed by atoms with Crippen LogP contribution in [-0.4, -0.2) is 27.1 Å². The van der Waals surface area contributed by atoms with Crippen LogP contribution in [0.3, 0.4) is 0 Å². The van der Waals surface area contributed by atoms with Crippen LogP contribution < -0.4 is 10.6 Å². The fraction of sp³-hybridized carbons (Fsp3) is 0. The number of aromatic nitrogens is 2. The van der Waals surface area contributed by atoms with Gasteiger partial charge in [0, 0.05) is 24.2 Å². The minimum absolute atomic E-state index is 0.192. The molecule has 2 aromatic rings. The molecule has 7 heteroatoms. The molecule has 0 aliphatic rings. The molecule has 1 aromatic carbocycles. The molecular weight excluding hydrogens is 272 g/mol. The highest BCUT2D eigenvalue weighted by Crippen LogP contribution is 2.12. The number of anilines is 2. The van der Waals surface area contributed by atoms with Gasteiger partial charge in [0.25, 0.3) is 0 Å². The molecule has 0 fully saturated rings. The lowest BCUT2D eigenvalue weighted by Crippen LogP contribution is -2.20. The molecular formula is C14H12N4O3. The quantitative estimate of drug-likeness (QED) is 0.747. The number of carboxylic acid groups (broad SMARTS) is 1. The lowest BCUT2D eigenvalue weighted by atomic mass is 10.2. The number of nitrogens with one attached hydrogen (secondary N) is 2. The lowest BCUT2D eigenvalue weighted by molar-refractivity contribution is -0.131. The van der Waals surface area contributed by atoms with Crippen molar-refractivity contribution in [1.82, 2.24) is 9.97 Å². The molecule has 3 N–H and O–H groups in total. The number of carbonyl (C=O) groups is 2. The van der Waals surface area contributed by atoms with Gasteiger partial charge in [-0.25, -0.2) is 19.6 Å². The van der Waals surface area contributed by atoms with Crippen molar-refractivity contribution >= 4 is 29.7 Å². The van der Waals surface area contributed by atoms with Crippen molar-refractivity contribution in [3.63, 3.8) is 0 Å². The van der Waals surface area contributed by atoms with Crippen molar-refractivity contribution in [1.29, 1.82) is 0 Å². The van der Waals surface area contributed by atoms with Gasteiger partial charge in [0.15, 0.2) is 0 Å². The molecule has 0 saturated carbocycles. The highest BCUT2D eigenvalue weighted by molar-refractivity contribution is 5.98. The highest BCUT2D eigenvalue weighted by Gasteiger charge is 2.04. The first kappa shape index (κ1) is 14.2. The molecule has 0 aliphatic heterocycles. The van der Waals surface area contributed by atoms with Crippen LogP contribution in [0.25, 0.3) is 6.08 Å². The largest absolute Gasteiger partial charge is 0.478 e. The van der Waals surface area contributed by atoms with E-state index in [4.69, 9.17) is 5.11 Å². The number of aliphatic carboxylic acids is 1. The summed E-state index contributed by atoms with van der Waals surface area (Å²) in [5.74, 6) is -0.843. The van der Waals surface area contributed by atoms with E-state index in [0.717, 1.165) is 6.08 Å². The normalized spacial score (nSPS) is 10.3. The molecule has 2 rings (SSSR count). The summed E-state index contributed by atoms with van der Waals surface area (Å²) in [6, 6.07) is 7.91. The predicted molar refractivity (Wildman–Crippen MR) is 77.8 cm³/mol. The van der Waals surface area contributed by atoms with Gasteiger partial charge in [-0.1, -0.05) is 12.1 Å². The van der Waals surface area contributed by atoms with E-state index in [1.54, 1.807) is 30.3 Å². The Hall–Kier alpha value is -3.22. The summed E-state index contributed by atoms with van der Waals surface area (Å²) in [6.07, 6.45) is 5.49. The Morgan fingerprint density at radius 3 is 2.57 bits per heavy atom. The molecule has 2 amide bonds. The molecule has 0 spiro atoms. The first-order chi connectivity index (χ1) is 10.1. The average Bonchev–Trinajstić information content (AvgIpc) is 2.46. The van der Waals surface area contributed by atoms with Crippen LogP contribution in [-0.2, 0) is 4.79 Å². The summed E-state index contributed by atoms with van der Waals surface area (Å²) in [4.78, 5) is 29.9. The Morgan fingerprint density at radius 2 is 1.86 bits per heavy atom. The van der Waals surface area contributed by atoms with Crippen molar-refractivity contribution in [2.24, 2.45) is 0 Å². The van der Waals surface area contributed by atoms with Gasteiger partial charge in [-0.05, 0) is 29.8 Å². The van der Waals surface area contributed by atoms with Gasteiger partial charge in [-0.2, -0.15) is 0 Å². The minimum atomic E-state index is -1.03. The predicted octanol–water partition coefficient (Wildman–Crippen LogP) is 2.22. The van der Waals surface area contributed by atoms with Crippen LogP contribution in [0.15, 0.2) is 48.8 Å². The van der Waals surface area contributed by atoms with Crippen LogP contribution in [0, 0.1) is 0 Å². The molecule has 7 nitrogen and oxygen atoms in total. The summed E-state index contributed by atoms with van der Waals surface area (Å²) < 4.78 is 0. The zero-order valence-electron chi connectivity index (χ0n) is 10.9. The summed E-state index contributed by atoms with van der Waals surface area (Å²) in [5, 5.41) is 13.7. The number of hydrogen-bond acceptors (Lipinski definition) is 4. The summed E-state index contributed by atoms with van der Waals surface area (Å²) >= 11 is 0. The molecule has 106 valence electrons. The molecule has 21 heavy (non-hydrogen) atoms. The maximum atomic E-state index is 11.7. The van der Waals surface area contributed by atoms with E-state index in [-0.39, 0.29) is 5.95 Å². The number of hydrogen-bond donors (Lipinski definition) is 3. The van der Waals surface area contributed by atoms with E-state index in [0.29, 0.717) is 11.3 Å². The van der Waals surface area contributed by atoms with Gasteiger partial charge < -0.3 is 10.4 Å². The maximum absolute atomic E-state index is 11.7. The second-order valence-corrected chi connectivity index (χ2v) is 3.95. The third-order valence-corrected chi connectivity index (χ3v) is 2.35. The Morgan fingerprint density at radius 1 is 1.10 bits per heavy atom. The van der Waals surface area contributed by atoms with E-state index in [9.17, 15) is 9.59 Å². The van der Waals surface area contributed by atoms with E-state index in [2.05, 4.69) is 20.6 Å². The summed E-state index contributed by atoms with van der Waals surface area (Å²) in [5.41, 5.74) is 1.18. The first-order valence-electron chi connectivity index (χ1n) is 5.99. The number of carbonyl (C=O) groups excluding carboxylic acids is 1. The number of nitrogens with zero attached hydrogens (tertiary/aromatic N) is 2. The molecule has 0 radical (unpaired) electrons. The fourth-order valence-electron chi connectivity index (χ4n) is 1.52. The van der Waals surface area contributed by atoms with Gasteiger partial charge in [0.2, 0.25) is 5.95 Å². The zero-order chi connectivity index (χ0) is 15.1. The number of rotatable bonds is 4. The Bertz CT molecular complexity index is 671. The van der Waals surface area contributed by atoms with Gasteiger partial charge in [0.1, 0.15) is 0 Å². The van der Waals surface area contributed by atoms with Crippen molar-refractivity contribution in [3.05, 3.63) is 54.4 Å². The molecule has 0 atom stereocenters. The molecule has 0 aliphatic carbocycles. The Kier molecular flexibility index (Phi) is 4.60. The number of amides is 2. The highest BCUT2D eigenvalue weighted by atomic mass is 16.4. The third-order valence-electron chi connectivity index (χ3n) is 2.35. The smallest absolute Gasteiger partial charge is 0.328 e. The zero-order valence-corrected chi connectivity index (χ0v) is 10.9. The summed E-state index contributed by atoms with van der Waals surface area (Å²) in [6.45, 7) is 0. The van der Waals surface area contributed by atoms with Crippen LogP contribution >= 0.6 is 0 Å². The minimum Gasteiger partial charge on any atom is -0.478 e.